The van der Waals surface area contributed by atoms with Crippen LogP contribution in [-0.4, -0.2) is 40.1 Å². The molecule has 20 heavy (non-hydrogen) atoms. The lowest BCUT2D eigenvalue weighted by molar-refractivity contribution is -0.118. The van der Waals surface area contributed by atoms with E-state index in [1.54, 1.807) is 11.3 Å². The van der Waals surface area contributed by atoms with Crippen molar-refractivity contribution in [2.45, 2.75) is 46.3 Å². The summed E-state index contributed by atoms with van der Waals surface area (Å²) in [6.45, 7) is 8.96. The van der Waals surface area contributed by atoms with Crippen LogP contribution in [0.4, 0.5) is 5.13 Å². The lowest BCUT2D eigenvalue weighted by Gasteiger charge is -2.23. The van der Waals surface area contributed by atoms with Crippen molar-refractivity contribution in [3.63, 3.8) is 0 Å². The predicted molar refractivity (Wildman–Crippen MR) is 80.9 cm³/mol. The highest BCUT2D eigenvalue weighted by molar-refractivity contribution is 7.15. The molecule has 0 saturated heterocycles. The first-order valence-corrected chi connectivity index (χ1v) is 8.00. The van der Waals surface area contributed by atoms with Gasteiger partial charge < -0.3 is 10.4 Å². The number of hydrogen-bond donors (Lipinski definition) is 2. The molecule has 0 fully saturated rings. The molecule has 1 unspecified atom stereocenters. The molecule has 6 heteroatoms. The number of nitrogens with one attached hydrogen (secondary N) is 1. The number of fused-ring (bicyclic) bond motifs is 1. The Morgan fingerprint density at radius 3 is 2.95 bits per heavy atom. The van der Waals surface area contributed by atoms with Gasteiger partial charge in [-0.3, -0.25) is 9.69 Å². The first kappa shape index (κ1) is 15.4. The highest BCUT2D eigenvalue weighted by Gasteiger charge is 2.21. The fourth-order valence-electron chi connectivity index (χ4n) is 2.17. The van der Waals surface area contributed by atoms with E-state index in [9.17, 15) is 9.90 Å². The molecule has 1 aromatic heterocycles. The molecule has 0 spiro atoms. The van der Waals surface area contributed by atoms with E-state index >= 15 is 0 Å². The van der Waals surface area contributed by atoms with Crippen molar-refractivity contribution >= 4 is 22.4 Å². The summed E-state index contributed by atoms with van der Waals surface area (Å²) < 4.78 is 0. The summed E-state index contributed by atoms with van der Waals surface area (Å²) >= 11 is 1.55. The zero-order chi connectivity index (χ0) is 14.7. The van der Waals surface area contributed by atoms with E-state index in [2.05, 4.69) is 22.1 Å². The molecule has 5 nitrogen and oxygen atoms in total. The Balaban J connectivity index is 1.94. The molecular weight excluding hydrogens is 274 g/mol. The summed E-state index contributed by atoms with van der Waals surface area (Å²) in [6, 6.07) is 0. The Morgan fingerprint density at radius 2 is 2.30 bits per heavy atom. The van der Waals surface area contributed by atoms with Gasteiger partial charge in [0.05, 0.1) is 18.2 Å². The van der Waals surface area contributed by atoms with E-state index in [1.165, 1.54) is 4.88 Å². The maximum absolute atomic E-state index is 11.8. The number of likely N-dealkylation sites (N-methyl/N-ethyl adjacent to an activating group) is 1. The van der Waals surface area contributed by atoms with Crippen molar-refractivity contribution in [3.8, 4) is 0 Å². The Bertz CT molecular complexity index is 473. The molecule has 0 aromatic carbocycles. The van der Waals surface area contributed by atoms with Crippen LogP contribution in [0, 0.1) is 5.92 Å². The van der Waals surface area contributed by atoms with Crippen molar-refractivity contribution in [1.82, 2.24) is 9.88 Å². The van der Waals surface area contributed by atoms with Crippen LogP contribution >= 0.6 is 11.3 Å². The van der Waals surface area contributed by atoms with Gasteiger partial charge in [0.25, 0.3) is 0 Å². The van der Waals surface area contributed by atoms with Crippen molar-refractivity contribution < 1.29 is 9.90 Å². The second-order valence-corrected chi connectivity index (χ2v) is 6.65. The van der Waals surface area contributed by atoms with Crippen LogP contribution in [0.5, 0.6) is 0 Å². The maximum Gasteiger partial charge on any atom is 0.228 e. The second kappa shape index (κ2) is 6.65. The molecule has 2 rings (SSSR count). The number of amides is 1. The quantitative estimate of drug-likeness (QED) is 0.871. The highest BCUT2D eigenvalue weighted by atomic mass is 32.1. The number of hydrogen-bond acceptors (Lipinski definition) is 5. The van der Waals surface area contributed by atoms with Crippen LogP contribution in [0.1, 0.15) is 37.8 Å². The number of thiazole rings is 1. The average molecular weight is 297 g/mol. The van der Waals surface area contributed by atoms with Crippen molar-refractivity contribution in [2.75, 3.05) is 18.4 Å². The third-order valence-corrected chi connectivity index (χ3v) is 4.67. The number of carbonyl (C=O) groups excluding carboxylic acids is 1. The van der Waals surface area contributed by atoms with E-state index in [0.29, 0.717) is 5.13 Å². The number of rotatable bonds is 5. The third-order valence-electron chi connectivity index (χ3n) is 3.67. The maximum atomic E-state index is 11.8. The van der Waals surface area contributed by atoms with Crippen LogP contribution < -0.4 is 5.32 Å². The number of anilines is 1. The van der Waals surface area contributed by atoms with E-state index in [4.69, 9.17) is 0 Å². The Hall–Kier alpha value is -0.980. The average Bonchev–Trinajstić information content (AvgIpc) is 2.78. The van der Waals surface area contributed by atoms with E-state index in [-0.39, 0.29) is 18.2 Å². The van der Waals surface area contributed by atoms with Crippen LogP contribution in [0.2, 0.25) is 0 Å². The summed E-state index contributed by atoms with van der Waals surface area (Å²) in [4.78, 5) is 20.0. The number of nitrogens with zero attached hydrogens (tertiary/aromatic N) is 2. The van der Waals surface area contributed by atoms with Crippen LogP contribution in [0.25, 0.3) is 0 Å². The molecular formula is C14H23N3O2S. The fourth-order valence-corrected chi connectivity index (χ4v) is 3.23. The third kappa shape index (κ3) is 3.77. The number of aromatic nitrogens is 1. The molecule has 112 valence electrons. The number of aliphatic hydroxyl groups excluding tert-OH is 1. The standard InChI is InChI=1S/C14H23N3O2S/c1-4-17-6-5-10-12(8-17)20-14(15-10)16-13(19)7-11(18)9(2)3/h9,11,18H,4-8H2,1-3H3,(H,15,16,19). The van der Waals surface area contributed by atoms with Crippen molar-refractivity contribution in [1.29, 1.82) is 0 Å². The number of carbonyl (C=O) groups is 1. The second-order valence-electron chi connectivity index (χ2n) is 5.57. The topological polar surface area (TPSA) is 65.5 Å². The van der Waals surface area contributed by atoms with Crippen molar-refractivity contribution in [2.24, 2.45) is 5.92 Å². The van der Waals surface area contributed by atoms with Crippen molar-refractivity contribution in [3.05, 3.63) is 10.6 Å². The molecule has 1 aromatic rings. The lowest BCUT2D eigenvalue weighted by atomic mass is 10.0. The molecule has 0 bridgehead atoms. The first-order valence-electron chi connectivity index (χ1n) is 7.18. The monoisotopic (exact) mass is 297 g/mol. The minimum atomic E-state index is -0.597. The van der Waals surface area contributed by atoms with Gasteiger partial charge in [0, 0.05) is 24.4 Å². The largest absolute Gasteiger partial charge is 0.392 e. The Kier molecular flexibility index (Phi) is 5.12. The van der Waals surface area contributed by atoms with Crippen LogP contribution in [0.15, 0.2) is 0 Å². The molecule has 1 amide bonds. The molecule has 1 aliphatic rings. The van der Waals surface area contributed by atoms with E-state index in [0.717, 1.165) is 31.7 Å². The molecule has 2 N–H and O–H groups in total. The number of aliphatic hydroxyl groups is 1. The van der Waals surface area contributed by atoms with Gasteiger partial charge in [-0.1, -0.05) is 20.8 Å². The zero-order valence-corrected chi connectivity index (χ0v) is 13.2. The molecule has 1 aliphatic heterocycles. The summed E-state index contributed by atoms with van der Waals surface area (Å²) in [5, 5.41) is 13.2. The van der Waals surface area contributed by atoms with Gasteiger partial charge >= 0.3 is 0 Å². The van der Waals surface area contributed by atoms with Gasteiger partial charge in [-0.15, -0.1) is 11.3 Å². The summed E-state index contributed by atoms with van der Waals surface area (Å²) in [6.07, 6.45) is 0.479. The normalized spacial score (nSPS) is 17.1. The van der Waals surface area contributed by atoms with Gasteiger partial charge in [-0.2, -0.15) is 0 Å². The smallest absolute Gasteiger partial charge is 0.228 e. The summed E-state index contributed by atoms with van der Waals surface area (Å²) in [7, 11) is 0. The molecule has 0 aliphatic carbocycles. The zero-order valence-electron chi connectivity index (χ0n) is 12.3. The van der Waals surface area contributed by atoms with Crippen LogP contribution in [0.3, 0.4) is 0 Å². The van der Waals surface area contributed by atoms with Crippen LogP contribution in [-0.2, 0) is 17.8 Å². The summed E-state index contributed by atoms with van der Waals surface area (Å²) in [5.41, 5.74) is 1.11. The van der Waals surface area contributed by atoms with Gasteiger partial charge in [-0.25, -0.2) is 4.98 Å². The van der Waals surface area contributed by atoms with Gasteiger partial charge in [-0.05, 0) is 12.5 Å². The first-order chi connectivity index (χ1) is 9.49. The molecule has 1 atom stereocenters. The fraction of sp³-hybridized carbons (Fsp3) is 0.714. The van der Waals surface area contributed by atoms with Gasteiger partial charge in [0.15, 0.2) is 5.13 Å². The Labute approximate surface area is 124 Å². The Morgan fingerprint density at radius 1 is 1.55 bits per heavy atom. The molecule has 0 saturated carbocycles. The molecule has 2 heterocycles. The minimum Gasteiger partial charge on any atom is -0.392 e. The van der Waals surface area contributed by atoms with E-state index < -0.39 is 6.10 Å². The SMILES string of the molecule is CCN1CCc2nc(NC(=O)CC(O)C(C)C)sc2C1. The summed E-state index contributed by atoms with van der Waals surface area (Å²) in [5.74, 6) is -0.0759. The van der Waals surface area contributed by atoms with Gasteiger partial charge in [0.1, 0.15) is 0 Å². The highest BCUT2D eigenvalue weighted by Crippen LogP contribution is 2.28. The molecule has 0 radical (unpaired) electrons. The van der Waals surface area contributed by atoms with Gasteiger partial charge in [0.2, 0.25) is 5.91 Å². The minimum absolute atomic E-state index is 0.0864. The lowest BCUT2D eigenvalue weighted by Crippen LogP contribution is -2.29. The predicted octanol–water partition coefficient (Wildman–Crippen LogP) is 1.87. The van der Waals surface area contributed by atoms with E-state index in [1.807, 2.05) is 13.8 Å².